The number of allylic oxidation sites excluding steroid dienone is 6. The highest BCUT2D eigenvalue weighted by molar-refractivity contribution is 5.71. The molecule has 6 heteroatoms. The van der Waals surface area contributed by atoms with Crippen molar-refractivity contribution in [3.63, 3.8) is 0 Å². The zero-order chi connectivity index (χ0) is 57.8. The number of carbonyl (C=O) groups is 3. The van der Waals surface area contributed by atoms with Crippen LogP contribution in [0.25, 0.3) is 0 Å². The Morgan fingerprint density at radius 3 is 0.750 bits per heavy atom. The van der Waals surface area contributed by atoms with Crippen molar-refractivity contribution in [3.8, 4) is 0 Å². The minimum Gasteiger partial charge on any atom is -0.462 e. The van der Waals surface area contributed by atoms with E-state index in [2.05, 4.69) is 57.2 Å². The number of carbonyl (C=O) groups excluding carboxylic acids is 3. The summed E-state index contributed by atoms with van der Waals surface area (Å²) in [6, 6.07) is 0. The molecule has 0 aromatic rings. The first-order chi connectivity index (χ1) is 39.5. The van der Waals surface area contributed by atoms with E-state index in [1.54, 1.807) is 0 Å². The molecule has 0 N–H and O–H groups in total. The molecule has 0 aliphatic rings. The summed E-state index contributed by atoms with van der Waals surface area (Å²) in [5.74, 6) is -0.859. The van der Waals surface area contributed by atoms with Crippen LogP contribution in [0.3, 0.4) is 0 Å². The van der Waals surface area contributed by atoms with E-state index in [9.17, 15) is 14.4 Å². The number of hydrogen-bond acceptors (Lipinski definition) is 6. The molecule has 6 nitrogen and oxygen atoms in total. The van der Waals surface area contributed by atoms with Crippen molar-refractivity contribution in [1.82, 2.24) is 0 Å². The van der Waals surface area contributed by atoms with Crippen LogP contribution in [0.15, 0.2) is 36.5 Å². The lowest BCUT2D eigenvalue weighted by Crippen LogP contribution is -2.30. The Bertz CT molecular complexity index is 1340. The highest BCUT2D eigenvalue weighted by atomic mass is 16.6. The first-order valence-electron chi connectivity index (χ1n) is 36.0. The quantitative estimate of drug-likeness (QED) is 0.0261. The zero-order valence-corrected chi connectivity index (χ0v) is 54.1. The lowest BCUT2D eigenvalue weighted by Gasteiger charge is -2.18. The van der Waals surface area contributed by atoms with Gasteiger partial charge in [0.25, 0.3) is 0 Å². The van der Waals surface area contributed by atoms with Crippen molar-refractivity contribution in [2.45, 2.75) is 406 Å². The topological polar surface area (TPSA) is 78.9 Å². The van der Waals surface area contributed by atoms with Gasteiger partial charge in [-0.15, -0.1) is 0 Å². The maximum Gasteiger partial charge on any atom is 0.306 e. The van der Waals surface area contributed by atoms with Gasteiger partial charge in [-0.1, -0.05) is 346 Å². The first-order valence-corrected chi connectivity index (χ1v) is 36.0. The summed E-state index contributed by atoms with van der Waals surface area (Å²) in [5.41, 5.74) is 0. The summed E-state index contributed by atoms with van der Waals surface area (Å²) in [5, 5.41) is 0. The average Bonchev–Trinajstić information content (AvgIpc) is 3.46. The van der Waals surface area contributed by atoms with Crippen molar-refractivity contribution >= 4 is 17.9 Å². The molecule has 0 fully saturated rings. The van der Waals surface area contributed by atoms with Gasteiger partial charge in [-0.3, -0.25) is 14.4 Å². The van der Waals surface area contributed by atoms with Crippen LogP contribution in [-0.2, 0) is 28.6 Å². The van der Waals surface area contributed by atoms with Gasteiger partial charge < -0.3 is 14.2 Å². The molecule has 0 radical (unpaired) electrons. The number of hydrogen-bond donors (Lipinski definition) is 0. The zero-order valence-electron chi connectivity index (χ0n) is 54.1. The van der Waals surface area contributed by atoms with Gasteiger partial charge in [0.1, 0.15) is 13.2 Å². The minimum atomic E-state index is -0.777. The second kappa shape index (κ2) is 69.1. The fourth-order valence-electron chi connectivity index (χ4n) is 11.0. The highest BCUT2D eigenvalue weighted by Crippen LogP contribution is 2.19. The Labute approximate surface area is 499 Å². The summed E-state index contributed by atoms with van der Waals surface area (Å²) in [4.78, 5) is 38.4. The van der Waals surface area contributed by atoms with Gasteiger partial charge >= 0.3 is 17.9 Å². The molecule has 0 aromatic heterocycles. The van der Waals surface area contributed by atoms with Crippen LogP contribution in [-0.4, -0.2) is 37.2 Å². The predicted octanol–water partition coefficient (Wildman–Crippen LogP) is 24.7. The Morgan fingerprint density at radius 1 is 0.250 bits per heavy atom. The van der Waals surface area contributed by atoms with E-state index >= 15 is 0 Å². The van der Waals surface area contributed by atoms with E-state index in [1.165, 1.54) is 276 Å². The standard InChI is InChI=1S/C74H138O6/c1-4-7-10-13-16-19-22-25-27-29-31-33-35-36-37-39-40-42-44-46-49-52-55-58-61-64-67-73(76)79-70-71(69-78-72(75)66-63-60-57-54-51-48-24-21-18-15-12-9-6-3)80-74(77)68-65-62-59-56-53-50-47-45-43-41-38-34-32-30-28-26-23-20-17-14-11-8-5-2/h12,15,21,24,30,32,71H,4-11,13-14,16-20,22-23,25-29,31,33-70H2,1-3H3/b15-12-,24-21-,32-30-. The fourth-order valence-corrected chi connectivity index (χ4v) is 11.0. The van der Waals surface area contributed by atoms with Crippen LogP contribution in [0.1, 0.15) is 400 Å². The number of unbranched alkanes of at least 4 members (excludes halogenated alkanes) is 50. The van der Waals surface area contributed by atoms with Crippen LogP contribution in [0.5, 0.6) is 0 Å². The molecule has 1 atom stereocenters. The maximum absolute atomic E-state index is 13.0. The summed E-state index contributed by atoms with van der Waals surface area (Å²) in [6.45, 7) is 6.64. The van der Waals surface area contributed by atoms with Gasteiger partial charge in [0.2, 0.25) is 0 Å². The van der Waals surface area contributed by atoms with Gasteiger partial charge in [0.05, 0.1) is 0 Å². The smallest absolute Gasteiger partial charge is 0.306 e. The highest BCUT2D eigenvalue weighted by Gasteiger charge is 2.19. The molecular formula is C74H138O6. The van der Waals surface area contributed by atoms with Gasteiger partial charge in [0, 0.05) is 19.3 Å². The molecular weight excluding hydrogens is 985 g/mol. The van der Waals surface area contributed by atoms with Crippen LogP contribution in [0, 0.1) is 0 Å². The summed E-state index contributed by atoms with van der Waals surface area (Å²) in [7, 11) is 0. The third-order valence-electron chi connectivity index (χ3n) is 16.3. The van der Waals surface area contributed by atoms with Gasteiger partial charge in [-0.05, 0) is 70.6 Å². The molecule has 0 aliphatic carbocycles. The molecule has 0 amide bonds. The Morgan fingerprint density at radius 2 is 0.475 bits per heavy atom. The number of rotatable bonds is 67. The normalized spacial score (nSPS) is 12.2. The Kier molecular flexibility index (Phi) is 67.1. The third kappa shape index (κ3) is 66.4. The van der Waals surface area contributed by atoms with E-state index in [0.717, 1.165) is 83.5 Å². The summed E-state index contributed by atoms with van der Waals surface area (Å²) < 4.78 is 17.0. The summed E-state index contributed by atoms with van der Waals surface area (Å²) in [6.07, 6.45) is 86.1. The molecule has 0 aromatic carbocycles. The van der Waals surface area contributed by atoms with Gasteiger partial charge in [-0.25, -0.2) is 0 Å². The van der Waals surface area contributed by atoms with Crippen molar-refractivity contribution in [2.24, 2.45) is 0 Å². The molecule has 80 heavy (non-hydrogen) atoms. The molecule has 0 rings (SSSR count). The minimum absolute atomic E-state index is 0.0722. The van der Waals surface area contributed by atoms with Crippen LogP contribution in [0.4, 0.5) is 0 Å². The van der Waals surface area contributed by atoms with E-state index in [0.29, 0.717) is 19.3 Å². The van der Waals surface area contributed by atoms with Crippen molar-refractivity contribution in [3.05, 3.63) is 36.5 Å². The largest absolute Gasteiger partial charge is 0.462 e. The lowest BCUT2D eigenvalue weighted by atomic mass is 10.0. The van der Waals surface area contributed by atoms with Crippen molar-refractivity contribution in [1.29, 1.82) is 0 Å². The van der Waals surface area contributed by atoms with E-state index < -0.39 is 6.10 Å². The van der Waals surface area contributed by atoms with Crippen molar-refractivity contribution < 1.29 is 28.6 Å². The molecule has 0 saturated heterocycles. The molecule has 0 aliphatic heterocycles. The van der Waals surface area contributed by atoms with Gasteiger partial charge in [0.15, 0.2) is 6.10 Å². The fraction of sp³-hybridized carbons (Fsp3) is 0.878. The molecule has 470 valence electrons. The lowest BCUT2D eigenvalue weighted by molar-refractivity contribution is -0.167. The average molecular weight is 1120 g/mol. The molecule has 1 unspecified atom stereocenters. The molecule has 0 saturated carbocycles. The monoisotopic (exact) mass is 1120 g/mol. The molecule has 0 bridgehead atoms. The van der Waals surface area contributed by atoms with Crippen molar-refractivity contribution in [2.75, 3.05) is 13.2 Å². The van der Waals surface area contributed by atoms with Crippen LogP contribution in [0.2, 0.25) is 0 Å². The number of ether oxygens (including phenoxy) is 3. The van der Waals surface area contributed by atoms with E-state index in [1.807, 2.05) is 0 Å². The Balaban J connectivity index is 4.21. The second-order valence-corrected chi connectivity index (χ2v) is 24.5. The molecule has 0 spiro atoms. The van der Waals surface area contributed by atoms with E-state index in [-0.39, 0.29) is 31.1 Å². The van der Waals surface area contributed by atoms with Crippen LogP contribution < -0.4 is 0 Å². The number of esters is 3. The predicted molar refractivity (Wildman–Crippen MR) is 349 cm³/mol. The van der Waals surface area contributed by atoms with Crippen LogP contribution >= 0.6 is 0 Å². The molecule has 0 heterocycles. The van der Waals surface area contributed by atoms with Gasteiger partial charge in [-0.2, -0.15) is 0 Å². The Hall–Kier alpha value is -2.37. The SMILES string of the molecule is CCC/C=C\C/C=C\CCCCCCCC(=O)OCC(COC(=O)CCCCCCCCCCCCCCCCCCCCCCCCCCCC)OC(=O)CCCCCCCCCCCCC/C=C\CCCCCCCCCC. The second-order valence-electron chi connectivity index (χ2n) is 24.5. The third-order valence-corrected chi connectivity index (χ3v) is 16.3. The summed E-state index contributed by atoms with van der Waals surface area (Å²) >= 11 is 0. The first kappa shape index (κ1) is 77.6. The van der Waals surface area contributed by atoms with E-state index in [4.69, 9.17) is 14.2 Å². The maximum atomic E-state index is 13.0.